The normalized spacial score (nSPS) is 14.2. The fourth-order valence-electron chi connectivity index (χ4n) is 1.51. The van der Waals surface area contributed by atoms with Crippen LogP contribution in [0, 0.1) is 0 Å². The Bertz CT molecular complexity index is 375. The molecule has 3 nitrogen and oxygen atoms in total. The minimum Gasteiger partial charge on any atom is -0.496 e. The van der Waals surface area contributed by atoms with Crippen molar-refractivity contribution in [3.63, 3.8) is 0 Å². The van der Waals surface area contributed by atoms with Crippen LogP contribution in [0.1, 0.15) is 18.9 Å². The maximum Gasteiger partial charge on any atom is 0.133 e. The molecular weight excluding hydrogens is 272 g/mol. The predicted octanol–water partition coefficient (Wildman–Crippen LogP) is 2.34. The Balaban J connectivity index is 2.82. The van der Waals surface area contributed by atoms with Crippen LogP contribution in [-0.2, 0) is 11.2 Å². The van der Waals surface area contributed by atoms with Gasteiger partial charge in [0, 0.05) is 12.8 Å². The molecule has 1 atom stereocenters. The monoisotopic (exact) mass is 286 g/mol. The Morgan fingerprint density at radius 2 is 2.25 bits per heavy atom. The first-order valence-electron chi connectivity index (χ1n) is 4.97. The molecule has 16 heavy (non-hydrogen) atoms. The van der Waals surface area contributed by atoms with E-state index in [1.165, 1.54) is 0 Å². The number of halogens is 1. The number of benzene rings is 1. The third-order valence-electron chi connectivity index (χ3n) is 2.32. The summed E-state index contributed by atoms with van der Waals surface area (Å²) >= 11 is 3.38. The molecule has 1 unspecified atom stereocenters. The molecule has 0 amide bonds. The number of aliphatic hydroxyl groups is 1. The van der Waals surface area contributed by atoms with Gasteiger partial charge in [-0.3, -0.25) is 0 Å². The molecule has 1 N–H and O–H groups in total. The molecule has 0 heterocycles. The maximum atomic E-state index is 10.4. The van der Waals surface area contributed by atoms with Crippen molar-refractivity contribution in [3.8, 4) is 5.75 Å². The maximum absolute atomic E-state index is 10.4. The fourth-order valence-corrected chi connectivity index (χ4v) is 2.10. The highest BCUT2D eigenvalue weighted by Gasteiger charge is 2.20. The summed E-state index contributed by atoms with van der Waals surface area (Å²) in [6.45, 7) is 1.65. The van der Waals surface area contributed by atoms with Crippen molar-refractivity contribution >= 4 is 22.2 Å². The van der Waals surface area contributed by atoms with E-state index >= 15 is 0 Å². The van der Waals surface area contributed by atoms with Gasteiger partial charge in [0.05, 0.1) is 17.2 Å². The zero-order valence-electron chi connectivity index (χ0n) is 9.37. The summed E-state index contributed by atoms with van der Waals surface area (Å²) < 4.78 is 5.95. The van der Waals surface area contributed by atoms with Crippen LogP contribution < -0.4 is 4.74 Å². The Morgan fingerprint density at radius 3 is 2.75 bits per heavy atom. The van der Waals surface area contributed by atoms with Crippen LogP contribution in [0.5, 0.6) is 5.75 Å². The van der Waals surface area contributed by atoms with Crippen molar-refractivity contribution in [2.24, 2.45) is 0 Å². The Kier molecular flexibility index (Phi) is 4.50. The van der Waals surface area contributed by atoms with Crippen molar-refractivity contribution in [2.75, 3.05) is 7.11 Å². The molecule has 0 saturated carbocycles. The number of carbonyl (C=O) groups excluding carboxylic acids is 1. The third-order valence-corrected chi connectivity index (χ3v) is 2.94. The van der Waals surface area contributed by atoms with Crippen LogP contribution >= 0.6 is 15.9 Å². The lowest BCUT2D eigenvalue weighted by Crippen LogP contribution is -2.27. The number of methoxy groups -OCH3 is 1. The zero-order chi connectivity index (χ0) is 12.2. The van der Waals surface area contributed by atoms with Gasteiger partial charge in [-0.2, -0.15) is 0 Å². The van der Waals surface area contributed by atoms with Gasteiger partial charge < -0.3 is 14.6 Å². The predicted molar refractivity (Wildman–Crippen MR) is 65.7 cm³/mol. The number of rotatable bonds is 5. The van der Waals surface area contributed by atoms with Gasteiger partial charge in [0.1, 0.15) is 12.0 Å². The summed E-state index contributed by atoms with van der Waals surface area (Å²) in [5, 5.41) is 9.91. The second kappa shape index (κ2) is 5.46. The smallest absolute Gasteiger partial charge is 0.133 e. The summed E-state index contributed by atoms with van der Waals surface area (Å²) in [5.74, 6) is 0.749. The molecular formula is C12H15BrO3. The topological polar surface area (TPSA) is 46.5 Å². The van der Waals surface area contributed by atoms with Gasteiger partial charge in [-0.05, 0) is 40.5 Å². The first-order valence-corrected chi connectivity index (χ1v) is 5.76. The van der Waals surface area contributed by atoms with Crippen LogP contribution in [0.25, 0.3) is 0 Å². The van der Waals surface area contributed by atoms with E-state index in [4.69, 9.17) is 4.74 Å². The fraction of sp³-hybridized carbons (Fsp3) is 0.417. The zero-order valence-corrected chi connectivity index (χ0v) is 11.0. The van der Waals surface area contributed by atoms with Crippen molar-refractivity contribution in [1.82, 2.24) is 0 Å². The summed E-state index contributed by atoms with van der Waals surface area (Å²) in [5.41, 5.74) is -0.0324. The van der Waals surface area contributed by atoms with E-state index in [1.807, 2.05) is 18.2 Å². The van der Waals surface area contributed by atoms with Gasteiger partial charge in [0.15, 0.2) is 0 Å². The molecule has 4 heteroatoms. The van der Waals surface area contributed by atoms with E-state index in [0.717, 1.165) is 22.1 Å². The van der Waals surface area contributed by atoms with Crippen molar-refractivity contribution in [3.05, 3.63) is 28.2 Å². The van der Waals surface area contributed by atoms with Crippen molar-refractivity contribution in [2.45, 2.75) is 25.4 Å². The Labute approximate surface area is 104 Å². The molecule has 0 aromatic heterocycles. The second-order valence-electron chi connectivity index (χ2n) is 4.01. The van der Waals surface area contributed by atoms with Crippen LogP contribution in [-0.4, -0.2) is 24.1 Å². The van der Waals surface area contributed by atoms with Crippen LogP contribution in [0.2, 0.25) is 0 Å². The van der Waals surface area contributed by atoms with E-state index < -0.39 is 5.60 Å². The molecule has 0 radical (unpaired) electrons. The van der Waals surface area contributed by atoms with E-state index in [0.29, 0.717) is 6.42 Å². The molecule has 1 aromatic rings. The standard InChI is InChI=1S/C12H15BrO3/c1-12(15,5-6-14)8-9-3-4-11(16-2)10(13)7-9/h3-4,6-7,15H,5,8H2,1-2H3. The highest BCUT2D eigenvalue weighted by atomic mass is 79.9. The Morgan fingerprint density at radius 1 is 1.56 bits per heavy atom. The number of aldehydes is 1. The van der Waals surface area contributed by atoms with Crippen molar-refractivity contribution in [1.29, 1.82) is 0 Å². The summed E-state index contributed by atoms with van der Waals surface area (Å²) in [6.07, 6.45) is 1.31. The molecule has 0 spiro atoms. The van der Waals surface area contributed by atoms with E-state index in [1.54, 1.807) is 14.0 Å². The average Bonchev–Trinajstić information content (AvgIpc) is 2.17. The van der Waals surface area contributed by atoms with Crippen molar-refractivity contribution < 1.29 is 14.6 Å². The highest BCUT2D eigenvalue weighted by molar-refractivity contribution is 9.10. The molecule has 0 aliphatic heterocycles. The minimum atomic E-state index is -0.990. The van der Waals surface area contributed by atoms with E-state index in [2.05, 4.69) is 15.9 Å². The average molecular weight is 287 g/mol. The van der Waals surface area contributed by atoms with Gasteiger partial charge in [-0.15, -0.1) is 0 Å². The molecule has 1 rings (SSSR count). The highest BCUT2D eigenvalue weighted by Crippen LogP contribution is 2.27. The van der Waals surface area contributed by atoms with Crippen LogP contribution in [0.3, 0.4) is 0 Å². The quantitative estimate of drug-likeness (QED) is 0.845. The lowest BCUT2D eigenvalue weighted by atomic mass is 9.94. The summed E-state index contributed by atoms with van der Waals surface area (Å²) in [6, 6.07) is 5.59. The van der Waals surface area contributed by atoms with E-state index in [-0.39, 0.29) is 6.42 Å². The molecule has 1 aromatic carbocycles. The third kappa shape index (κ3) is 3.61. The SMILES string of the molecule is COc1ccc(CC(C)(O)CC=O)cc1Br. The summed E-state index contributed by atoms with van der Waals surface area (Å²) in [4.78, 5) is 10.4. The first-order chi connectivity index (χ1) is 7.48. The van der Waals surface area contributed by atoms with Gasteiger partial charge in [-0.25, -0.2) is 0 Å². The largest absolute Gasteiger partial charge is 0.496 e. The molecule has 0 saturated heterocycles. The van der Waals surface area contributed by atoms with Gasteiger partial charge in [-0.1, -0.05) is 6.07 Å². The number of hydrogen-bond acceptors (Lipinski definition) is 3. The number of hydrogen-bond donors (Lipinski definition) is 1. The minimum absolute atomic E-state index is 0.136. The lowest BCUT2D eigenvalue weighted by Gasteiger charge is -2.20. The second-order valence-corrected chi connectivity index (χ2v) is 4.87. The van der Waals surface area contributed by atoms with Gasteiger partial charge in [0.2, 0.25) is 0 Å². The summed E-state index contributed by atoms with van der Waals surface area (Å²) in [7, 11) is 1.60. The van der Waals surface area contributed by atoms with E-state index in [9.17, 15) is 9.90 Å². The van der Waals surface area contributed by atoms with Gasteiger partial charge in [0.25, 0.3) is 0 Å². The number of carbonyl (C=O) groups is 1. The molecule has 88 valence electrons. The molecule has 0 aliphatic rings. The van der Waals surface area contributed by atoms with Crippen LogP contribution in [0.4, 0.5) is 0 Å². The Hall–Kier alpha value is -0.870. The molecule has 0 fully saturated rings. The molecule has 0 aliphatic carbocycles. The number of ether oxygens (including phenoxy) is 1. The van der Waals surface area contributed by atoms with Gasteiger partial charge >= 0.3 is 0 Å². The first kappa shape index (κ1) is 13.2. The molecule has 0 bridgehead atoms. The van der Waals surface area contributed by atoms with Crippen LogP contribution in [0.15, 0.2) is 22.7 Å². The lowest BCUT2D eigenvalue weighted by molar-refractivity contribution is -0.111.